The summed E-state index contributed by atoms with van der Waals surface area (Å²) in [5.74, 6) is -3.67. The van der Waals surface area contributed by atoms with E-state index < -0.39 is 29.6 Å². The van der Waals surface area contributed by atoms with Gasteiger partial charge < -0.3 is 10.4 Å². The Hall–Kier alpha value is -2.41. The molecule has 0 heterocycles. The minimum atomic E-state index is -1.13. The molecule has 2 aromatic carbocycles. The summed E-state index contributed by atoms with van der Waals surface area (Å²) in [7, 11) is 0. The molecule has 1 atom stereocenters. The third-order valence-electron chi connectivity index (χ3n) is 3.18. The number of benzene rings is 2. The number of hydrogen-bond acceptors (Lipinski definition) is 3. The van der Waals surface area contributed by atoms with Crippen molar-refractivity contribution in [2.45, 2.75) is 17.4 Å². The topological polar surface area (TPSA) is 66.4 Å². The molecular weight excluding hydrogens is 336 g/mol. The lowest BCUT2D eigenvalue weighted by atomic mass is 10.1. The van der Waals surface area contributed by atoms with Crippen molar-refractivity contribution < 1.29 is 23.5 Å². The van der Waals surface area contributed by atoms with Gasteiger partial charge in [-0.25, -0.2) is 13.6 Å². The summed E-state index contributed by atoms with van der Waals surface area (Å²) in [5, 5.41) is 11.7. The summed E-state index contributed by atoms with van der Waals surface area (Å²) in [4.78, 5) is 23.6. The number of amides is 1. The number of carboxylic acid groups (broad SMARTS) is 1. The second-order valence-corrected chi connectivity index (χ2v) is 6.06. The van der Waals surface area contributed by atoms with E-state index >= 15 is 0 Å². The number of thioether (sulfide) groups is 1. The highest BCUT2D eigenvalue weighted by Crippen LogP contribution is 2.20. The Morgan fingerprint density at radius 1 is 1.08 bits per heavy atom. The Labute approximate surface area is 141 Å². The fourth-order valence-corrected chi connectivity index (χ4v) is 2.73. The van der Waals surface area contributed by atoms with Crippen LogP contribution in [-0.2, 0) is 16.0 Å². The third kappa shape index (κ3) is 5.34. The Kier molecular flexibility index (Phi) is 6.31. The van der Waals surface area contributed by atoms with Gasteiger partial charge in [-0.05, 0) is 23.8 Å². The fraction of sp³-hybridized carbons (Fsp3) is 0.176. The Bertz CT molecular complexity index is 725. The normalized spacial score (nSPS) is 11.8. The van der Waals surface area contributed by atoms with Gasteiger partial charge in [0.25, 0.3) is 0 Å². The number of hydrogen-bond donors (Lipinski definition) is 2. The van der Waals surface area contributed by atoms with Crippen molar-refractivity contribution >= 4 is 23.6 Å². The maximum atomic E-state index is 13.1. The molecule has 4 nitrogen and oxygen atoms in total. The van der Waals surface area contributed by atoms with Gasteiger partial charge >= 0.3 is 5.97 Å². The summed E-state index contributed by atoms with van der Waals surface area (Å²) in [5.41, 5.74) is 0.790. The molecule has 0 aromatic heterocycles. The molecule has 2 N–H and O–H groups in total. The average molecular weight is 351 g/mol. The van der Waals surface area contributed by atoms with Crippen LogP contribution in [0.15, 0.2) is 53.4 Å². The van der Waals surface area contributed by atoms with Crippen LogP contribution in [0, 0.1) is 11.6 Å². The largest absolute Gasteiger partial charge is 0.480 e. The van der Waals surface area contributed by atoms with Gasteiger partial charge in [-0.15, -0.1) is 11.8 Å². The molecule has 0 fully saturated rings. The molecule has 2 aromatic rings. The number of halogens is 2. The molecule has 0 bridgehead atoms. The summed E-state index contributed by atoms with van der Waals surface area (Å²) >= 11 is 1.000. The van der Waals surface area contributed by atoms with E-state index in [9.17, 15) is 23.5 Å². The molecule has 2 rings (SSSR count). The third-order valence-corrected chi connectivity index (χ3v) is 4.17. The standard InChI is InChI=1S/C17H15F2NO3S/c18-13-7-6-12(9-14(13)19)24-10-16(21)20-15(17(22)23)8-11-4-2-1-3-5-11/h1-7,9,15H,8,10H2,(H,20,21)(H,22,23)/t15-/m0/s1. The first kappa shape index (κ1) is 17.9. The highest BCUT2D eigenvalue weighted by molar-refractivity contribution is 8.00. The number of carbonyl (C=O) groups is 2. The first-order valence-corrected chi connectivity index (χ1v) is 8.08. The SMILES string of the molecule is O=C(CSc1ccc(F)c(F)c1)N[C@@H](Cc1ccccc1)C(=O)O. The van der Waals surface area contributed by atoms with Gasteiger partial charge in [-0.3, -0.25) is 4.79 Å². The van der Waals surface area contributed by atoms with E-state index in [1.54, 1.807) is 24.3 Å². The molecule has 1 amide bonds. The van der Waals surface area contributed by atoms with Crippen LogP contribution in [0.3, 0.4) is 0 Å². The van der Waals surface area contributed by atoms with Crippen molar-refractivity contribution in [1.29, 1.82) is 0 Å². The fourth-order valence-electron chi connectivity index (χ4n) is 2.00. The zero-order valence-corrected chi connectivity index (χ0v) is 13.4. The van der Waals surface area contributed by atoms with Gasteiger partial charge in [0.15, 0.2) is 11.6 Å². The van der Waals surface area contributed by atoms with E-state index in [1.165, 1.54) is 6.07 Å². The molecule has 24 heavy (non-hydrogen) atoms. The van der Waals surface area contributed by atoms with E-state index in [2.05, 4.69) is 5.32 Å². The Morgan fingerprint density at radius 2 is 1.79 bits per heavy atom. The van der Waals surface area contributed by atoms with Gasteiger partial charge in [0.2, 0.25) is 5.91 Å². The zero-order chi connectivity index (χ0) is 17.5. The minimum absolute atomic E-state index is 0.0936. The minimum Gasteiger partial charge on any atom is -0.480 e. The molecule has 0 aliphatic heterocycles. The van der Waals surface area contributed by atoms with Crippen molar-refractivity contribution in [3.05, 3.63) is 65.7 Å². The van der Waals surface area contributed by atoms with Gasteiger partial charge in [0.05, 0.1) is 5.75 Å². The highest BCUT2D eigenvalue weighted by atomic mass is 32.2. The predicted molar refractivity (Wildman–Crippen MR) is 86.8 cm³/mol. The van der Waals surface area contributed by atoms with Crippen LogP contribution < -0.4 is 5.32 Å². The Morgan fingerprint density at radius 3 is 2.42 bits per heavy atom. The predicted octanol–water partition coefficient (Wildman–Crippen LogP) is 2.87. The van der Waals surface area contributed by atoms with Crippen LogP contribution in [0.4, 0.5) is 8.78 Å². The monoisotopic (exact) mass is 351 g/mol. The van der Waals surface area contributed by atoms with Crippen LogP contribution in [0.1, 0.15) is 5.56 Å². The van der Waals surface area contributed by atoms with E-state index in [0.29, 0.717) is 4.90 Å². The second kappa shape index (κ2) is 8.44. The zero-order valence-electron chi connectivity index (χ0n) is 12.5. The molecular formula is C17H15F2NO3S. The quantitative estimate of drug-likeness (QED) is 0.753. The highest BCUT2D eigenvalue weighted by Gasteiger charge is 2.20. The lowest BCUT2D eigenvalue weighted by Crippen LogP contribution is -2.43. The van der Waals surface area contributed by atoms with Gasteiger partial charge in [0.1, 0.15) is 6.04 Å². The number of carboxylic acids is 1. The number of carbonyl (C=O) groups excluding carboxylic acids is 1. The smallest absolute Gasteiger partial charge is 0.326 e. The first-order valence-electron chi connectivity index (χ1n) is 7.09. The summed E-state index contributed by atoms with van der Waals surface area (Å²) in [6, 6.07) is 11.2. The van der Waals surface area contributed by atoms with E-state index in [0.717, 1.165) is 29.5 Å². The van der Waals surface area contributed by atoms with Crippen molar-refractivity contribution in [2.75, 3.05) is 5.75 Å². The molecule has 0 unspecified atom stereocenters. The number of nitrogens with one attached hydrogen (secondary N) is 1. The summed E-state index contributed by atoms with van der Waals surface area (Å²) in [6.07, 6.45) is 0.164. The van der Waals surface area contributed by atoms with E-state index in [-0.39, 0.29) is 12.2 Å². The second-order valence-electron chi connectivity index (χ2n) is 5.01. The van der Waals surface area contributed by atoms with Crippen molar-refractivity contribution in [3.63, 3.8) is 0 Å². The Balaban J connectivity index is 1.90. The first-order chi connectivity index (χ1) is 11.5. The maximum Gasteiger partial charge on any atom is 0.326 e. The van der Waals surface area contributed by atoms with Crippen molar-refractivity contribution in [1.82, 2.24) is 5.32 Å². The van der Waals surface area contributed by atoms with Crippen molar-refractivity contribution in [3.8, 4) is 0 Å². The van der Waals surface area contributed by atoms with Crippen LogP contribution in [-0.4, -0.2) is 28.8 Å². The van der Waals surface area contributed by atoms with Gasteiger partial charge in [-0.1, -0.05) is 30.3 Å². The molecule has 0 radical (unpaired) electrons. The van der Waals surface area contributed by atoms with Crippen LogP contribution in [0.2, 0.25) is 0 Å². The number of aliphatic carboxylic acids is 1. The lowest BCUT2D eigenvalue weighted by Gasteiger charge is -2.14. The van der Waals surface area contributed by atoms with E-state index in [1.807, 2.05) is 6.07 Å². The van der Waals surface area contributed by atoms with Crippen LogP contribution >= 0.6 is 11.8 Å². The average Bonchev–Trinajstić information content (AvgIpc) is 2.56. The molecule has 0 aliphatic rings. The molecule has 7 heteroatoms. The van der Waals surface area contributed by atoms with Crippen LogP contribution in [0.25, 0.3) is 0 Å². The van der Waals surface area contributed by atoms with E-state index in [4.69, 9.17) is 0 Å². The van der Waals surface area contributed by atoms with Gasteiger partial charge in [-0.2, -0.15) is 0 Å². The molecule has 0 aliphatic carbocycles. The lowest BCUT2D eigenvalue weighted by molar-refractivity contribution is -0.141. The molecule has 126 valence electrons. The summed E-state index contributed by atoms with van der Waals surface area (Å²) in [6.45, 7) is 0. The number of rotatable bonds is 7. The molecule has 0 spiro atoms. The van der Waals surface area contributed by atoms with Crippen molar-refractivity contribution in [2.24, 2.45) is 0 Å². The van der Waals surface area contributed by atoms with Gasteiger partial charge in [0, 0.05) is 11.3 Å². The van der Waals surface area contributed by atoms with Crippen LogP contribution in [0.5, 0.6) is 0 Å². The maximum absolute atomic E-state index is 13.1. The molecule has 0 saturated heterocycles. The molecule has 0 saturated carbocycles. The summed E-state index contributed by atoms with van der Waals surface area (Å²) < 4.78 is 25.9.